The van der Waals surface area contributed by atoms with Gasteiger partial charge in [0.25, 0.3) is 0 Å². The van der Waals surface area contributed by atoms with Crippen LogP contribution in [0.3, 0.4) is 0 Å². The van der Waals surface area contributed by atoms with Crippen LogP contribution in [0.1, 0.15) is 0 Å². The Morgan fingerprint density at radius 2 is 0.793 bits per heavy atom. The van der Waals surface area contributed by atoms with Gasteiger partial charge in [0.2, 0.25) is 0 Å². The molecular weight excluding hydrogens is 358 g/mol. The van der Waals surface area contributed by atoms with Crippen molar-refractivity contribution in [3.8, 4) is 22.3 Å². The fraction of sp³-hybridized carbons (Fsp3) is 0. The Labute approximate surface area is 168 Å². The van der Waals surface area contributed by atoms with Gasteiger partial charge in [0.05, 0.1) is 5.69 Å². The molecule has 0 bridgehead atoms. The SMILES string of the molecule is ON(O)c1ccc(-c2c3ccccc3c(-c3ccccc3)c3ccccc23)cc1. The first-order chi connectivity index (χ1) is 14.2. The van der Waals surface area contributed by atoms with Crippen molar-refractivity contribution in [1.82, 2.24) is 0 Å². The van der Waals surface area contributed by atoms with E-state index in [1.54, 1.807) is 12.1 Å². The molecule has 0 aliphatic rings. The van der Waals surface area contributed by atoms with Crippen LogP contribution >= 0.6 is 0 Å². The van der Waals surface area contributed by atoms with Gasteiger partial charge >= 0.3 is 0 Å². The molecule has 3 heteroatoms. The van der Waals surface area contributed by atoms with E-state index in [1.807, 2.05) is 18.2 Å². The van der Waals surface area contributed by atoms with Gasteiger partial charge in [-0.25, -0.2) is 0 Å². The minimum absolute atomic E-state index is 0.137. The number of rotatable bonds is 3. The summed E-state index contributed by atoms with van der Waals surface area (Å²) in [6.45, 7) is 0. The Bertz CT molecular complexity index is 1250. The number of hydrogen-bond donors (Lipinski definition) is 2. The van der Waals surface area contributed by atoms with Gasteiger partial charge in [-0.2, -0.15) is 0 Å². The number of anilines is 1. The Morgan fingerprint density at radius 3 is 1.21 bits per heavy atom. The summed E-state index contributed by atoms with van der Waals surface area (Å²) in [4.78, 5) is 0. The van der Waals surface area contributed by atoms with E-state index in [9.17, 15) is 10.4 Å². The standard InChI is InChI=1S/C26H19NO2/c28-27(29)20-16-14-19(15-17-20)26-23-12-6-4-10-21(23)25(18-8-2-1-3-9-18)22-11-5-7-13-24(22)26/h1-17,28-29H. The molecule has 0 aromatic heterocycles. The van der Waals surface area contributed by atoms with Crippen molar-refractivity contribution in [2.45, 2.75) is 0 Å². The highest BCUT2D eigenvalue weighted by atomic mass is 16.8. The van der Waals surface area contributed by atoms with E-state index in [1.165, 1.54) is 32.7 Å². The summed E-state index contributed by atoms with van der Waals surface area (Å²) in [5, 5.41) is 23.4. The Hall–Kier alpha value is -3.66. The molecule has 0 spiro atoms. The molecule has 0 unspecified atom stereocenters. The lowest BCUT2D eigenvalue weighted by Crippen LogP contribution is -2.10. The molecule has 140 valence electrons. The third-order valence-corrected chi connectivity index (χ3v) is 5.38. The lowest BCUT2D eigenvalue weighted by Gasteiger charge is -2.18. The van der Waals surface area contributed by atoms with Crippen LogP contribution in [-0.2, 0) is 0 Å². The van der Waals surface area contributed by atoms with Crippen LogP contribution in [0.5, 0.6) is 0 Å². The molecule has 0 heterocycles. The molecule has 5 aromatic rings. The minimum Gasteiger partial charge on any atom is -0.264 e. The van der Waals surface area contributed by atoms with E-state index in [0.29, 0.717) is 5.69 Å². The number of fused-ring (bicyclic) bond motifs is 2. The number of hydrogen-bond acceptors (Lipinski definition) is 3. The van der Waals surface area contributed by atoms with Gasteiger partial charge < -0.3 is 0 Å². The highest BCUT2D eigenvalue weighted by Crippen LogP contribution is 2.43. The van der Waals surface area contributed by atoms with Crippen LogP contribution < -0.4 is 5.23 Å². The maximum absolute atomic E-state index is 9.28. The maximum atomic E-state index is 9.28. The molecule has 5 rings (SSSR count). The fourth-order valence-corrected chi connectivity index (χ4v) is 4.12. The van der Waals surface area contributed by atoms with Crippen molar-refractivity contribution in [3.05, 3.63) is 103 Å². The van der Waals surface area contributed by atoms with Gasteiger partial charge in [0.15, 0.2) is 0 Å². The first-order valence-electron chi connectivity index (χ1n) is 9.51. The number of benzene rings is 5. The van der Waals surface area contributed by atoms with Gasteiger partial charge in [-0.3, -0.25) is 10.4 Å². The largest absolute Gasteiger partial charge is 0.264 e. The van der Waals surface area contributed by atoms with Crippen molar-refractivity contribution in [2.24, 2.45) is 0 Å². The Balaban J connectivity index is 1.90. The second kappa shape index (κ2) is 7.06. The molecule has 0 fully saturated rings. The van der Waals surface area contributed by atoms with E-state index in [-0.39, 0.29) is 5.23 Å². The first kappa shape index (κ1) is 17.4. The molecule has 29 heavy (non-hydrogen) atoms. The summed E-state index contributed by atoms with van der Waals surface area (Å²) in [6, 6.07) is 34.7. The lowest BCUT2D eigenvalue weighted by atomic mass is 9.86. The molecule has 2 N–H and O–H groups in total. The summed E-state index contributed by atoms with van der Waals surface area (Å²) >= 11 is 0. The molecule has 3 nitrogen and oxygen atoms in total. The molecule has 0 radical (unpaired) electrons. The molecule has 5 aromatic carbocycles. The highest BCUT2D eigenvalue weighted by molar-refractivity contribution is 6.21. The van der Waals surface area contributed by atoms with Crippen LogP contribution in [0.4, 0.5) is 5.69 Å². The molecule has 0 amide bonds. The minimum atomic E-state index is 0.137. The first-order valence-corrected chi connectivity index (χ1v) is 9.51. The van der Waals surface area contributed by atoms with E-state index < -0.39 is 0 Å². The maximum Gasteiger partial charge on any atom is 0.0943 e. The van der Waals surface area contributed by atoms with Crippen LogP contribution in [-0.4, -0.2) is 10.4 Å². The summed E-state index contributed by atoms with van der Waals surface area (Å²) in [7, 11) is 0. The smallest absolute Gasteiger partial charge is 0.0943 e. The van der Waals surface area contributed by atoms with Crippen LogP contribution in [0, 0.1) is 0 Å². The predicted octanol–water partition coefficient (Wildman–Crippen LogP) is 6.91. The summed E-state index contributed by atoms with van der Waals surface area (Å²) in [5.41, 5.74) is 4.92. The van der Waals surface area contributed by atoms with Crippen molar-refractivity contribution in [2.75, 3.05) is 5.23 Å². The third-order valence-electron chi connectivity index (χ3n) is 5.38. The zero-order valence-electron chi connectivity index (χ0n) is 15.7. The van der Waals surface area contributed by atoms with Gasteiger partial charge in [-0.1, -0.05) is 91.0 Å². The van der Waals surface area contributed by atoms with E-state index >= 15 is 0 Å². The summed E-state index contributed by atoms with van der Waals surface area (Å²) in [6.07, 6.45) is 0. The van der Waals surface area contributed by atoms with Crippen LogP contribution in [0.2, 0.25) is 0 Å². The zero-order valence-corrected chi connectivity index (χ0v) is 15.7. The Morgan fingerprint density at radius 1 is 0.414 bits per heavy atom. The fourth-order valence-electron chi connectivity index (χ4n) is 4.12. The van der Waals surface area contributed by atoms with Crippen molar-refractivity contribution >= 4 is 27.2 Å². The van der Waals surface area contributed by atoms with Gasteiger partial charge in [0.1, 0.15) is 0 Å². The van der Waals surface area contributed by atoms with Gasteiger partial charge in [0, 0.05) is 0 Å². The van der Waals surface area contributed by atoms with Gasteiger partial charge in [-0.05, 0) is 55.9 Å². The molecule has 0 saturated heterocycles. The monoisotopic (exact) mass is 377 g/mol. The second-order valence-electron chi connectivity index (χ2n) is 7.04. The molecule has 0 atom stereocenters. The van der Waals surface area contributed by atoms with Crippen LogP contribution in [0.25, 0.3) is 43.8 Å². The van der Waals surface area contributed by atoms with Crippen molar-refractivity contribution in [1.29, 1.82) is 0 Å². The van der Waals surface area contributed by atoms with Crippen molar-refractivity contribution in [3.63, 3.8) is 0 Å². The molecular formula is C26H19NO2. The quantitative estimate of drug-likeness (QED) is 0.265. The lowest BCUT2D eigenvalue weighted by molar-refractivity contribution is 0.0292. The van der Waals surface area contributed by atoms with Crippen LogP contribution in [0.15, 0.2) is 103 Å². The zero-order chi connectivity index (χ0) is 19.8. The number of nitrogens with zero attached hydrogens (tertiary/aromatic N) is 1. The average molecular weight is 377 g/mol. The van der Waals surface area contributed by atoms with E-state index in [4.69, 9.17) is 0 Å². The molecule has 0 aliphatic carbocycles. The molecule has 0 saturated carbocycles. The molecule has 0 aliphatic heterocycles. The Kier molecular flexibility index (Phi) is 4.24. The van der Waals surface area contributed by atoms with E-state index in [2.05, 4.69) is 72.8 Å². The normalized spacial score (nSPS) is 11.1. The van der Waals surface area contributed by atoms with Gasteiger partial charge in [-0.15, -0.1) is 5.23 Å². The highest BCUT2D eigenvalue weighted by Gasteiger charge is 2.16. The van der Waals surface area contributed by atoms with Crippen molar-refractivity contribution < 1.29 is 10.4 Å². The van der Waals surface area contributed by atoms with E-state index in [0.717, 1.165) is 11.1 Å². The third kappa shape index (κ3) is 2.93. The predicted molar refractivity (Wildman–Crippen MR) is 118 cm³/mol. The summed E-state index contributed by atoms with van der Waals surface area (Å²) in [5.74, 6) is 0. The topological polar surface area (TPSA) is 43.7 Å². The second-order valence-corrected chi connectivity index (χ2v) is 7.04. The summed E-state index contributed by atoms with van der Waals surface area (Å²) < 4.78 is 0. The average Bonchev–Trinajstić information content (AvgIpc) is 2.78.